The second-order valence-electron chi connectivity index (χ2n) is 10.3. The molecule has 3 aromatic carbocycles. The molecule has 0 saturated carbocycles. The predicted octanol–water partition coefficient (Wildman–Crippen LogP) is 1.15. The Bertz CT molecular complexity index is 1910. The van der Waals surface area contributed by atoms with Crippen molar-refractivity contribution in [3.63, 3.8) is 0 Å². The SMILES string of the molecule is COc1ccc(-c2oc3cc(O[C@@H]4OC(COC(=O)/C=C/c5ccc(O)c(O)c5)[C@@H](O)[C@H](O)C4O)c(O)c(O)c3c(=O)c2O)cc1O. The number of phenols is 5. The van der Waals surface area contributed by atoms with E-state index in [1.807, 2.05) is 0 Å². The number of fused-ring (bicyclic) bond motifs is 1. The smallest absolute Gasteiger partial charge is 0.330 e. The molecule has 1 aromatic heterocycles. The summed E-state index contributed by atoms with van der Waals surface area (Å²) in [5.41, 5.74) is -1.20. The van der Waals surface area contributed by atoms with Gasteiger partial charge < -0.3 is 69.3 Å². The van der Waals surface area contributed by atoms with Crippen molar-refractivity contribution in [2.75, 3.05) is 13.7 Å². The highest BCUT2D eigenvalue weighted by molar-refractivity contribution is 5.91. The van der Waals surface area contributed by atoms with Gasteiger partial charge >= 0.3 is 5.97 Å². The van der Waals surface area contributed by atoms with Crippen LogP contribution >= 0.6 is 0 Å². The van der Waals surface area contributed by atoms with Crippen LogP contribution in [0.25, 0.3) is 28.4 Å². The molecule has 0 amide bonds. The van der Waals surface area contributed by atoms with Gasteiger partial charge in [0.2, 0.25) is 23.2 Å². The first-order chi connectivity index (χ1) is 22.3. The van der Waals surface area contributed by atoms with Gasteiger partial charge in [-0.3, -0.25) is 4.79 Å². The summed E-state index contributed by atoms with van der Waals surface area (Å²) in [6.45, 7) is -0.657. The number of carbonyl (C=O) groups excluding carboxylic acids is 1. The van der Waals surface area contributed by atoms with Crippen molar-refractivity contribution in [2.24, 2.45) is 0 Å². The number of methoxy groups -OCH3 is 1. The quantitative estimate of drug-likeness (QED) is 0.0731. The number of carbonyl (C=O) groups is 1. The largest absolute Gasteiger partial charge is 0.504 e. The van der Waals surface area contributed by atoms with Crippen LogP contribution in [-0.2, 0) is 14.3 Å². The molecule has 0 radical (unpaired) electrons. The first-order valence-electron chi connectivity index (χ1n) is 13.7. The van der Waals surface area contributed by atoms with E-state index in [2.05, 4.69) is 0 Å². The Balaban J connectivity index is 1.38. The Morgan fingerprint density at radius 3 is 2.26 bits per heavy atom. The minimum atomic E-state index is -1.94. The van der Waals surface area contributed by atoms with Gasteiger partial charge in [0.25, 0.3) is 0 Å². The maximum absolute atomic E-state index is 13.0. The number of rotatable bonds is 8. The molecule has 9 N–H and O–H groups in total. The maximum Gasteiger partial charge on any atom is 0.330 e. The normalized spacial score (nSPS) is 21.1. The van der Waals surface area contributed by atoms with Crippen LogP contribution in [-0.4, -0.2) is 96.4 Å². The molecule has 2 unspecified atom stereocenters. The molecule has 4 aromatic rings. The van der Waals surface area contributed by atoms with Gasteiger partial charge in [-0.2, -0.15) is 0 Å². The average Bonchev–Trinajstić information content (AvgIpc) is 3.05. The summed E-state index contributed by atoms with van der Waals surface area (Å²) < 4.78 is 26.7. The molecule has 5 rings (SSSR count). The van der Waals surface area contributed by atoms with Crippen LogP contribution in [0, 0.1) is 0 Å². The van der Waals surface area contributed by atoms with E-state index in [9.17, 15) is 55.5 Å². The zero-order valence-corrected chi connectivity index (χ0v) is 24.2. The van der Waals surface area contributed by atoms with E-state index in [1.165, 1.54) is 43.5 Å². The van der Waals surface area contributed by atoms with Gasteiger partial charge in [0.05, 0.1) is 7.11 Å². The Morgan fingerprint density at radius 2 is 1.57 bits per heavy atom. The molecule has 1 saturated heterocycles. The van der Waals surface area contributed by atoms with E-state index in [4.69, 9.17) is 23.4 Å². The lowest BCUT2D eigenvalue weighted by Gasteiger charge is -2.39. The lowest BCUT2D eigenvalue weighted by atomic mass is 9.99. The fourth-order valence-electron chi connectivity index (χ4n) is 4.71. The summed E-state index contributed by atoms with van der Waals surface area (Å²) in [5, 5.41) is 91.6. The van der Waals surface area contributed by atoms with Gasteiger partial charge in [-0.05, 0) is 42.0 Å². The molecule has 1 aliphatic heterocycles. The third kappa shape index (κ3) is 6.38. The highest BCUT2D eigenvalue weighted by Crippen LogP contribution is 2.44. The van der Waals surface area contributed by atoms with E-state index in [0.717, 1.165) is 18.2 Å². The van der Waals surface area contributed by atoms with Crippen LogP contribution in [0.5, 0.6) is 46.0 Å². The topological polar surface area (TPSA) is 266 Å². The number of phenolic OH excluding ortho intramolecular Hbond substituents is 5. The molecule has 5 atom stereocenters. The molecule has 16 heteroatoms. The molecule has 0 aliphatic carbocycles. The molecule has 47 heavy (non-hydrogen) atoms. The Morgan fingerprint density at radius 1 is 0.830 bits per heavy atom. The number of aliphatic hydroxyl groups is 3. The molecule has 0 spiro atoms. The zero-order valence-electron chi connectivity index (χ0n) is 24.2. The number of esters is 1. The molecule has 16 nitrogen and oxygen atoms in total. The van der Waals surface area contributed by atoms with Crippen molar-refractivity contribution < 1.29 is 74.1 Å². The second kappa shape index (κ2) is 13.0. The standard InChI is InChI=1S/C31H28O16/c1-43-17-6-4-13(9-16(17)34)30-28(41)26(39)22-18(45-30)10-19(23(36)25(22)38)46-31-29(42)27(40)24(37)20(47-31)11-44-21(35)7-3-12-2-5-14(32)15(33)8-12/h2-10,20,24,27,29,31-34,36-38,40-42H,11H2,1H3/b7-3+/t20?,24-,27+,29?,31-/m1/s1. The van der Waals surface area contributed by atoms with E-state index in [-0.39, 0.29) is 22.8 Å². The van der Waals surface area contributed by atoms with Crippen molar-refractivity contribution in [1.29, 1.82) is 0 Å². The fraction of sp³-hybridized carbons (Fsp3) is 0.226. The van der Waals surface area contributed by atoms with Crippen LogP contribution < -0.4 is 14.9 Å². The number of hydrogen-bond donors (Lipinski definition) is 9. The monoisotopic (exact) mass is 656 g/mol. The first-order valence-corrected chi connectivity index (χ1v) is 13.7. The number of benzene rings is 3. The highest BCUT2D eigenvalue weighted by atomic mass is 16.7. The Labute approximate surface area is 263 Å². The van der Waals surface area contributed by atoms with Crippen LogP contribution in [0.4, 0.5) is 0 Å². The summed E-state index contributed by atoms with van der Waals surface area (Å²) in [7, 11) is 1.31. The minimum Gasteiger partial charge on any atom is -0.504 e. The van der Waals surface area contributed by atoms with Gasteiger partial charge in [-0.15, -0.1) is 0 Å². The number of aliphatic hydroxyl groups excluding tert-OH is 3. The zero-order chi connectivity index (χ0) is 34.2. The van der Waals surface area contributed by atoms with Crippen molar-refractivity contribution in [1.82, 2.24) is 0 Å². The van der Waals surface area contributed by atoms with Gasteiger partial charge in [0, 0.05) is 17.7 Å². The maximum atomic E-state index is 13.0. The minimum absolute atomic E-state index is 0.0337. The summed E-state index contributed by atoms with van der Waals surface area (Å²) in [5.74, 6) is -6.08. The summed E-state index contributed by atoms with van der Waals surface area (Å²) in [6, 6.07) is 8.56. The van der Waals surface area contributed by atoms with Crippen molar-refractivity contribution >= 4 is 23.0 Å². The molecule has 248 valence electrons. The van der Waals surface area contributed by atoms with Crippen molar-refractivity contribution in [3.05, 3.63) is 64.3 Å². The number of ether oxygens (including phenoxy) is 4. The Hall–Kier alpha value is -5.68. The van der Waals surface area contributed by atoms with Crippen molar-refractivity contribution in [2.45, 2.75) is 30.7 Å². The summed E-state index contributed by atoms with van der Waals surface area (Å²) in [6.07, 6.45) is -6.72. The lowest BCUT2D eigenvalue weighted by molar-refractivity contribution is -0.278. The third-order valence-electron chi connectivity index (χ3n) is 7.23. The molecule has 1 aliphatic rings. The van der Waals surface area contributed by atoms with Gasteiger partial charge in [-0.25, -0.2) is 4.79 Å². The summed E-state index contributed by atoms with van der Waals surface area (Å²) in [4.78, 5) is 25.2. The van der Waals surface area contributed by atoms with Crippen LogP contribution in [0.15, 0.2) is 57.8 Å². The average molecular weight is 657 g/mol. The third-order valence-corrected chi connectivity index (χ3v) is 7.23. The highest BCUT2D eigenvalue weighted by Gasteiger charge is 2.46. The second-order valence-corrected chi connectivity index (χ2v) is 10.3. The van der Waals surface area contributed by atoms with Gasteiger partial charge in [0.1, 0.15) is 42.0 Å². The molecular weight excluding hydrogens is 628 g/mol. The van der Waals surface area contributed by atoms with E-state index >= 15 is 0 Å². The lowest BCUT2D eigenvalue weighted by Crippen LogP contribution is -2.60. The molecule has 0 bridgehead atoms. The van der Waals surface area contributed by atoms with Crippen LogP contribution in [0.2, 0.25) is 0 Å². The molecular formula is C31H28O16. The first kappa shape index (κ1) is 32.7. The number of aromatic hydroxyl groups is 6. The predicted molar refractivity (Wildman–Crippen MR) is 158 cm³/mol. The molecule has 2 heterocycles. The van der Waals surface area contributed by atoms with Gasteiger partial charge in [0.15, 0.2) is 40.3 Å². The Kier molecular flexibility index (Phi) is 9.03. The van der Waals surface area contributed by atoms with E-state index in [1.54, 1.807) is 0 Å². The van der Waals surface area contributed by atoms with Crippen LogP contribution in [0.1, 0.15) is 5.56 Å². The summed E-state index contributed by atoms with van der Waals surface area (Å²) >= 11 is 0. The van der Waals surface area contributed by atoms with E-state index in [0.29, 0.717) is 5.56 Å². The fourth-order valence-corrected chi connectivity index (χ4v) is 4.71. The van der Waals surface area contributed by atoms with E-state index < -0.39 is 94.2 Å². The molecule has 1 fully saturated rings. The van der Waals surface area contributed by atoms with Crippen LogP contribution in [0.3, 0.4) is 0 Å². The number of hydrogen-bond acceptors (Lipinski definition) is 16. The van der Waals surface area contributed by atoms with Gasteiger partial charge in [-0.1, -0.05) is 6.07 Å². The van der Waals surface area contributed by atoms with Crippen molar-refractivity contribution in [3.8, 4) is 57.3 Å².